The second-order valence-electron chi connectivity index (χ2n) is 6.60. The van der Waals surface area contributed by atoms with Crippen LogP contribution in [0.3, 0.4) is 0 Å². The third-order valence-corrected chi connectivity index (χ3v) is 5.61. The molecule has 0 fully saturated rings. The lowest BCUT2D eigenvalue weighted by Crippen LogP contribution is -2.08. The first-order chi connectivity index (χ1) is 12.9. The summed E-state index contributed by atoms with van der Waals surface area (Å²) >= 11 is 1.83. The lowest BCUT2D eigenvalue weighted by atomic mass is 10.0. The van der Waals surface area contributed by atoms with Crippen molar-refractivity contribution in [1.82, 2.24) is 0 Å². The Bertz CT molecular complexity index is 722. The molecule has 0 saturated carbocycles. The first-order valence-corrected chi connectivity index (χ1v) is 10.2. The van der Waals surface area contributed by atoms with Crippen LogP contribution in [0.25, 0.3) is 0 Å². The molecule has 0 aliphatic carbocycles. The maximum atomic E-state index is 11.3. The van der Waals surface area contributed by atoms with Crippen molar-refractivity contribution in [2.75, 3.05) is 11.5 Å². The summed E-state index contributed by atoms with van der Waals surface area (Å²) in [6.45, 7) is 7.09. The third-order valence-electron chi connectivity index (χ3n) is 4.14. The van der Waals surface area contributed by atoms with Gasteiger partial charge < -0.3 is 9.47 Å². The van der Waals surface area contributed by atoms with Crippen LogP contribution in [0.1, 0.15) is 50.7 Å². The topological polar surface area (TPSA) is 52.6 Å². The van der Waals surface area contributed by atoms with Gasteiger partial charge in [0.15, 0.2) is 0 Å². The minimum absolute atomic E-state index is 0.251. The van der Waals surface area contributed by atoms with Crippen LogP contribution in [0.15, 0.2) is 48.5 Å². The fourth-order valence-corrected chi connectivity index (χ4v) is 4.07. The Hall–Kier alpha value is -2.27. The summed E-state index contributed by atoms with van der Waals surface area (Å²) in [6.07, 6.45) is 0. The monoisotopic (exact) mass is 386 g/mol. The largest absolute Gasteiger partial charge is 0.426 e. The van der Waals surface area contributed by atoms with E-state index in [1.807, 2.05) is 60.3 Å². The van der Waals surface area contributed by atoms with Crippen LogP contribution in [-0.2, 0) is 9.59 Å². The van der Waals surface area contributed by atoms with Crippen molar-refractivity contribution < 1.29 is 19.1 Å². The number of ether oxygens (including phenoxy) is 2. The number of hydrogen-bond acceptors (Lipinski definition) is 5. The molecule has 0 N–H and O–H groups in total. The Morgan fingerprint density at radius 1 is 0.778 bits per heavy atom. The van der Waals surface area contributed by atoms with E-state index in [4.69, 9.17) is 9.47 Å². The van der Waals surface area contributed by atoms with E-state index in [1.54, 1.807) is 0 Å². The molecule has 4 nitrogen and oxygen atoms in total. The summed E-state index contributed by atoms with van der Waals surface area (Å²) in [6, 6.07) is 15.3. The molecule has 2 aromatic carbocycles. The van der Waals surface area contributed by atoms with Gasteiger partial charge in [-0.25, -0.2) is 0 Å². The molecule has 2 atom stereocenters. The van der Waals surface area contributed by atoms with Gasteiger partial charge in [-0.2, -0.15) is 11.8 Å². The van der Waals surface area contributed by atoms with E-state index in [1.165, 1.54) is 13.8 Å². The predicted octanol–water partition coefficient (Wildman–Crippen LogP) is 5.18. The smallest absolute Gasteiger partial charge is 0.308 e. The minimum Gasteiger partial charge on any atom is -0.426 e. The lowest BCUT2D eigenvalue weighted by Gasteiger charge is -2.18. The van der Waals surface area contributed by atoms with E-state index in [0.717, 1.165) is 22.6 Å². The zero-order valence-electron chi connectivity index (χ0n) is 16.2. The maximum absolute atomic E-state index is 11.3. The molecular formula is C22H26O4S. The van der Waals surface area contributed by atoms with E-state index in [-0.39, 0.29) is 23.8 Å². The van der Waals surface area contributed by atoms with Gasteiger partial charge in [0.25, 0.3) is 0 Å². The predicted molar refractivity (Wildman–Crippen MR) is 110 cm³/mol. The second-order valence-corrected chi connectivity index (χ2v) is 7.68. The fourth-order valence-electron chi connectivity index (χ4n) is 2.87. The van der Waals surface area contributed by atoms with Crippen LogP contribution >= 0.6 is 11.8 Å². The number of benzene rings is 2. The Morgan fingerprint density at radius 3 is 1.52 bits per heavy atom. The summed E-state index contributed by atoms with van der Waals surface area (Å²) < 4.78 is 10.6. The minimum atomic E-state index is -0.307. The van der Waals surface area contributed by atoms with Gasteiger partial charge in [0.05, 0.1) is 0 Å². The zero-order chi connectivity index (χ0) is 19.8. The zero-order valence-corrected chi connectivity index (χ0v) is 17.0. The maximum Gasteiger partial charge on any atom is 0.308 e. The lowest BCUT2D eigenvalue weighted by molar-refractivity contribution is -0.132. The van der Waals surface area contributed by atoms with Gasteiger partial charge in [-0.3, -0.25) is 9.59 Å². The SMILES string of the molecule is CC(=O)Oc1ccccc1C(C)CSCC(C)c1ccccc1OC(C)=O. The molecule has 0 aromatic heterocycles. The molecule has 2 aromatic rings. The van der Waals surface area contributed by atoms with Crippen LogP contribution in [0.2, 0.25) is 0 Å². The van der Waals surface area contributed by atoms with Gasteiger partial charge >= 0.3 is 11.9 Å². The molecule has 0 amide bonds. The molecule has 0 aliphatic rings. The van der Waals surface area contributed by atoms with Gasteiger partial charge in [0, 0.05) is 25.4 Å². The molecule has 0 bridgehead atoms. The highest BCUT2D eigenvalue weighted by Crippen LogP contribution is 2.33. The molecule has 0 heterocycles. The summed E-state index contributed by atoms with van der Waals surface area (Å²) in [4.78, 5) is 22.6. The average molecular weight is 387 g/mol. The standard InChI is InChI=1S/C22H26O4S/c1-15(19-9-5-7-11-21(19)25-17(3)23)13-27-14-16(2)20-10-6-8-12-22(20)26-18(4)24/h5-12,15-16H,13-14H2,1-4H3. The summed E-state index contributed by atoms with van der Waals surface area (Å²) in [5.41, 5.74) is 2.07. The van der Waals surface area contributed by atoms with E-state index in [9.17, 15) is 9.59 Å². The number of hydrogen-bond donors (Lipinski definition) is 0. The molecule has 0 spiro atoms. The highest BCUT2D eigenvalue weighted by atomic mass is 32.2. The molecule has 0 saturated heterocycles. The van der Waals surface area contributed by atoms with Crippen molar-refractivity contribution in [2.24, 2.45) is 0 Å². The van der Waals surface area contributed by atoms with Crippen LogP contribution in [0, 0.1) is 0 Å². The Morgan fingerprint density at radius 2 is 1.15 bits per heavy atom. The summed E-state index contributed by atoms with van der Waals surface area (Å²) in [7, 11) is 0. The molecular weight excluding hydrogens is 360 g/mol. The molecule has 0 aliphatic heterocycles. The van der Waals surface area contributed by atoms with Crippen molar-refractivity contribution in [3.8, 4) is 11.5 Å². The van der Waals surface area contributed by atoms with Crippen molar-refractivity contribution in [3.05, 3.63) is 59.7 Å². The number of esters is 2. The quantitative estimate of drug-likeness (QED) is 0.462. The van der Waals surface area contributed by atoms with Gasteiger partial charge in [0.2, 0.25) is 0 Å². The Kier molecular flexibility index (Phi) is 7.92. The van der Waals surface area contributed by atoms with E-state index >= 15 is 0 Å². The van der Waals surface area contributed by atoms with Crippen LogP contribution in [0.4, 0.5) is 0 Å². The Balaban J connectivity index is 1.97. The highest BCUT2D eigenvalue weighted by molar-refractivity contribution is 7.99. The van der Waals surface area contributed by atoms with Crippen LogP contribution in [-0.4, -0.2) is 23.4 Å². The molecule has 27 heavy (non-hydrogen) atoms. The van der Waals surface area contributed by atoms with E-state index < -0.39 is 0 Å². The summed E-state index contributed by atoms with van der Waals surface area (Å²) in [5.74, 6) is 2.95. The number of rotatable bonds is 8. The number of thioether (sulfide) groups is 1. The fraction of sp³-hybridized carbons (Fsp3) is 0.364. The van der Waals surface area contributed by atoms with Crippen LogP contribution < -0.4 is 9.47 Å². The molecule has 2 unspecified atom stereocenters. The van der Waals surface area contributed by atoms with E-state index in [2.05, 4.69) is 13.8 Å². The van der Waals surface area contributed by atoms with Gasteiger partial charge in [0.1, 0.15) is 11.5 Å². The van der Waals surface area contributed by atoms with Crippen molar-refractivity contribution in [3.63, 3.8) is 0 Å². The molecule has 5 heteroatoms. The molecule has 0 radical (unpaired) electrons. The normalized spacial score (nSPS) is 12.9. The highest BCUT2D eigenvalue weighted by Gasteiger charge is 2.16. The first-order valence-electron chi connectivity index (χ1n) is 9.01. The number of carbonyl (C=O) groups excluding carboxylic acids is 2. The average Bonchev–Trinajstić information content (AvgIpc) is 2.61. The van der Waals surface area contributed by atoms with Crippen molar-refractivity contribution >= 4 is 23.7 Å². The second kappa shape index (κ2) is 10.2. The Labute approximate surface area is 165 Å². The number of para-hydroxylation sites is 2. The van der Waals surface area contributed by atoms with E-state index in [0.29, 0.717) is 11.5 Å². The van der Waals surface area contributed by atoms with Gasteiger partial charge in [-0.1, -0.05) is 50.2 Å². The van der Waals surface area contributed by atoms with Gasteiger partial charge in [-0.05, 0) is 35.1 Å². The molecule has 144 valence electrons. The first kappa shape index (κ1) is 21.0. The van der Waals surface area contributed by atoms with Crippen molar-refractivity contribution in [1.29, 1.82) is 0 Å². The summed E-state index contributed by atoms with van der Waals surface area (Å²) in [5, 5.41) is 0. The third kappa shape index (κ3) is 6.43. The molecule has 2 rings (SSSR count). The number of carbonyl (C=O) groups is 2. The van der Waals surface area contributed by atoms with Crippen LogP contribution in [0.5, 0.6) is 11.5 Å². The van der Waals surface area contributed by atoms with Gasteiger partial charge in [-0.15, -0.1) is 0 Å². The van der Waals surface area contributed by atoms with Crippen molar-refractivity contribution in [2.45, 2.75) is 39.5 Å².